The molecule has 0 bridgehead atoms. The van der Waals surface area contributed by atoms with Crippen LogP contribution in [0.1, 0.15) is 63.9 Å². The van der Waals surface area contributed by atoms with Crippen molar-refractivity contribution in [3.8, 4) is 0 Å². The molecule has 5 aliphatic rings. The largest absolute Gasteiger partial charge is 0.446 e. The fourth-order valence-electron chi connectivity index (χ4n) is 9.66. The van der Waals surface area contributed by atoms with Gasteiger partial charge in [-0.15, -0.1) is 0 Å². The molecular weight excluding hydrogens is 631 g/mol. The van der Waals surface area contributed by atoms with Gasteiger partial charge in [-0.2, -0.15) is 0 Å². The van der Waals surface area contributed by atoms with Crippen molar-refractivity contribution >= 4 is 21.6 Å². The number of ether oxygens (including phenoxy) is 1. The number of benzene rings is 2. The van der Waals surface area contributed by atoms with Crippen molar-refractivity contribution in [3.63, 3.8) is 0 Å². The molecule has 0 radical (unpaired) electrons. The monoisotopic (exact) mass is 682 g/mol. The highest BCUT2D eigenvalue weighted by Crippen LogP contribution is 2.52. The van der Waals surface area contributed by atoms with E-state index in [-0.39, 0.29) is 36.1 Å². The van der Waals surface area contributed by atoms with Crippen LogP contribution in [-0.4, -0.2) is 98.7 Å². The van der Waals surface area contributed by atoms with Crippen molar-refractivity contribution in [2.75, 3.05) is 57.3 Å². The lowest BCUT2D eigenvalue weighted by Gasteiger charge is -2.53. The Balaban J connectivity index is 0.995. The number of amides is 1. The van der Waals surface area contributed by atoms with E-state index in [9.17, 15) is 22.7 Å². The fourth-order valence-corrected chi connectivity index (χ4v) is 11.7. The quantitative estimate of drug-likeness (QED) is 0.355. The molecule has 11 heteroatoms. The molecule has 0 spiro atoms. The Morgan fingerprint density at radius 1 is 1.00 bits per heavy atom. The molecule has 3 N–H and O–H groups in total. The molecule has 3 atom stereocenters. The van der Waals surface area contributed by atoms with Crippen molar-refractivity contribution in [3.05, 3.63) is 59.9 Å². The number of primary amides is 1. The van der Waals surface area contributed by atoms with Crippen LogP contribution in [0.2, 0.25) is 0 Å². The number of piperidine rings is 1. The molecule has 9 nitrogen and oxygen atoms in total. The van der Waals surface area contributed by atoms with Gasteiger partial charge in [-0.05, 0) is 132 Å². The van der Waals surface area contributed by atoms with Crippen LogP contribution in [-0.2, 0) is 20.0 Å². The second kappa shape index (κ2) is 13.2. The summed E-state index contributed by atoms with van der Waals surface area (Å²) in [5.41, 5.74) is 6.44. The van der Waals surface area contributed by atoms with Crippen LogP contribution in [0.3, 0.4) is 0 Å². The minimum Gasteiger partial charge on any atom is -0.446 e. The van der Waals surface area contributed by atoms with Crippen molar-refractivity contribution in [1.82, 2.24) is 9.80 Å². The van der Waals surface area contributed by atoms with Crippen LogP contribution in [0, 0.1) is 23.6 Å². The topological polar surface area (TPSA) is 116 Å². The van der Waals surface area contributed by atoms with Crippen LogP contribution in [0.5, 0.6) is 0 Å². The minimum absolute atomic E-state index is 0.0918. The van der Waals surface area contributed by atoms with Crippen molar-refractivity contribution in [2.24, 2.45) is 23.5 Å². The smallest absolute Gasteiger partial charge is 0.404 e. The summed E-state index contributed by atoms with van der Waals surface area (Å²) >= 11 is 0. The summed E-state index contributed by atoms with van der Waals surface area (Å²) in [6, 6.07) is 14.4. The summed E-state index contributed by atoms with van der Waals surface area (Å²) in [6.07, 6.45) is 5.50. The Bertz CT molecular complexity index is 1560. The lowest BCUT2D eigenvalue weighted by Crippen LogP contribution is -2.58. The maximum Gasteiger partial charge on any atom is 0.404 e. The molecule has 5 fully saturated rings. The Morgan fingerprint density at radius 2 is 1.71 bits per heavy atom. The molecule has 0 aromatic heterocycles. The lowest BCUT2D eigenvalue weighted by atomic mass is 9.58. The highest BCUT2D eigenvalue weighted by molar-refractivity contribution is 7.92. The lowest BCUT2D eigenvalue weighted by molar-refractivity contribution is -0.0145. The Morgan fingerprint density at radius 3 is 2.31 bits per heavy atom. The molecule has 48 heavy (non-hydrogen) atoms. The SMILES string of the molecule is CC1(O)CC(S(=O)(=O)c2ccc(N3CC(CN4CCC([C@@](CN5CCC5)(c5cccc(F)c5)[C@H]5CCC[C@@H]5OC(N)=O)CC4)C3)cc2)C1. The van der Waals surface area contributed by atoms with Crippen LogP contribution in [0.4, 0.5) is 14.9 Å². The third kappa shape index (κ3) is 6.60. The van der Waals surface area contributed by atoms with E-state index in [1.54, 1.807) is 25.1 Å². The van der Waals surface area contributed by atoms with E-state index in [2.05, 4.69) is 20.8 Å². The third-order valence-electron chi connectivity index (χ3n) is 12.3. The molecule has 2 aromatic rings. The summed E-state index contributed by atoms with van der Waals surface area (Å²) in [7, 11) is -3.42. The predicted octanol–water partition coefficient (Wildman–Crippen LogP) is 4.57. The van der Waals surface area contributed by atoms with Gasteiger partial charge in [0.25, 0.3) is 0 Å². The zero-order chi connectivity index (χ0) is 33.7. The number of rotatable bonds is 11. The van der Waals surface area contributed by atoms with E-state index >= 15 is 0 Å². The molecule has 1 amide bonds. The minimum atomic E-state index is -3.42. The van der Waals surface area contributed by atoms with Gasteiger partial charge < -0.3 is 30.3 Å². The molecule has 3 aliphatic heterocycles. The number of likely N-dealkylation sites (tertiary alicyclic amines) is 2. The van der Waals surface area contributed by atoms with Crippen LogP contribution >= 0.6 is 0 Å². The summed E-state index contributed by atoms with van der Waals surface area (Å²) in [4.78, 5) is 19.7. The number of carbonyl (C=O) groups excluding carboxylic acids is 1. The zero-order valence-corrected chi connectivity index (χ0v) is 28.9. The number of hydrogen-bond acceptors (Lipinski definition) is 8. The van der Waals surface area contributed by atoms with Gasteiger partial charge in [0.05, 0.1) is 15.7 Å². The number of halogens is 1. The third-order valence-corrected chi connectivity index (χ3v) is 14.4. The number of nitrogens with two attached hydrogens (primary N) is 1. The van der Waals surface area contributed by atoms with Gasteiger partial charge in [0.15, 0.2) is 9.84 Å². The van der Waals surface area contributed by atoms with E-state index < -0.39 is 26.8 Å². The van der Waals surface area contributed by atoms with Crippen LogP contribution in [0.25, 0.3) is 0 Å². The zero-order valence-electron chi connectivity index (χ0n) is 28.1. The molecule has 7 rings (SSSR count). The Hall–Kier alpha value is -2.73. The van der Waals surface area contributed by atoms with Gasteiger partial charge in [-0.3, -0.25) is 0 Å². The highest BCUT2D eigenvalue weighted by Gasteiger charge is 2.54. The molecule has 2 saturated carbocycles. The Kier molecular flexibility index (Phi) is 9.28. The average molecular weight is 683 g/mol. The first-order valence-corrected chi connectivity index (χ1v) is 19.5. The fraction of sp³-hybridized carbons (Fsp3) is 0.649. The number of hydrogen-bond donors (Lipinski definition) is 2. The standard InChI is InChI=1S/C37H51FN4O5S/c1-36(44)20-32(21-36)48(45,46)31-11-9-30(10-12-31)42-23-26(24-42)22-40-17-13-27(14-18-40)37(25-41-15-4-16-41,28-5-2-6-29(38)19-28)33-7-3-8-34(33)47-35(39)43/h2,5-6,9-12,19,26-27,32-34,44H,3-4,7-8,13-18,20-25H2,1H3,(H2,39,43)/t32?,33-,34-,36?,37-/m0/s1. The van der Waals surface area contributed by atoms with E-state index in [4.69, 9.17) is 10.5 Å². The second-order valence-electron chi connectivity index (χ2n) is 15.6. The molecule has 3 heterocycles. The van der Waals surface area contributed by atoms with Gasteiger partial charge in [0.2, 0.25) is 0 Å². The average Bonchev–Trinajstić information content (AvgIpc) is 3.45. The highest BCUT2D eigenvalue weighted by atomic mass is 32.2. The van der Waals surface area contributed by atoms with Crippen LogP contribution in [0.15, 0.2) is 53.4 Å². The number of aliphatic hydroxyl groups is 1. The van der Waals surface area contributed by atoms with Crippen molar-refractivity contribution in [2.45, 2.75) is 85.6 Å². The molecular formula is C37H51FN4O5S. The van der Waals surface area contributed by atoms with E-state index in [0.29, 0.717) is 16.7 Å². The maximum atomic E-state index is 14.9. The van der Waals surface area contributed by atoms with Gasteiger partial charge in [0, 0.05) is 49.1 Å². The first kappa shape index (κ1) is 33.8. The van der Waals surface area contributed by atoms with E-state index in [1.165, 1.54) is 12.5 Å². The molecule has 3 saturated heterocycles. The predicted molar refractivity (Wildman–Crippen MR) is 183 cm³/mol. The summed E-state index contributed by atoms with van der Waals surface area (Å²) in [6.45, 7) is 9.49. The normalized spacial score (nSPS) is 30.2. The number of nitrogens with zero attached hydrogens (tertiary/aromatic N) is 3. The molecule has 2 aliphatic carbocycles. The summed E-state index contributed by atoms with van der Waals surface area (Å²) in [5.74, 6) is 0.743. The van der Waals surface area contributed by atoms with Gasteiger partial charge in [-0.1, -0.05) is 12.1 Å². The molecule has 2 aromatic carbocycles. The number of anilines is 1. The molecule has 0 unspecified atom stereocenters. The van der Waals surface area contributed by atoms with E-state index in [1.807, 2.05) is 18.2 Å². The summed E-state index contributed by atoms with van der Waals surface area (Å²) in [5, 5.41) is 9.51. The number of sulfone groups is 1. The summed E-state index contributed by atoms with van der Waals surface area (Å²) < 4.78 is 46.5. The van der Waals surface area contributed by atoms with Gasteiger partial charge in [-0.25, -0.2) is 17.6 Å². The first-order valence-electron chi connectivity index (χ1n) is 17.9. The van der Waals surface area contributed by atoms with Gasteiger partial charge in [0.1, 0.15) is 11.9 Å². The first-order chi connectivity index (χ1) is 22.9. The Labute approximate surface area is 284 Å². The number of carbonyl (C=O) groups is 1. The van der Waals surface area contributed by atoms with Crippen LogP contribution < -0.4 is 10.6 Å². The van der Waals surface area contributed by atoms with Crippen molar-refractivity contribution < 1.29 is 27.4 Å². The van der Waals surface area contributed by atoms with Gasteiger partial charge >= 0.3 is 6.09 Å². The van der Waals surface area contributed by atoms with Crippen molar-refractivity contribution in [1.29, 1.82) is 0 Å². The van der Waals surface area contributed by atoms with E-state index in [0.717, 1.165) is 95.7 Å². The molecule has 262 valence electrons. The second-order valence-corrected chi connectivity index (χ2v) is 17.8. The maximum absolute atomic E-state index is 14.9.